The summed E-state index contributed by atoms with van der Waals surface area (Å²) >= 11 is 0. The van der Waals surface area contributed by atoms with Crippen molar-refractivity contribution >= 4 is 0 Å². The quantitative estimate of drug-likeness (QED) is 0.516. The molecule has 0 bridgehead atoms. The molecule has 11 atom stereocenters. The second-order valence-electron chi connectivity index (χ2n) is 12.7. The fourth-order valence-corrected chi connectivity index (χ4v) is 9.66. The lowest BCUT2D eigenvalue weighted by Crippen LogP contribution is -2.52. The molecule has 2 saturated heterocycles. The van der Waals surface area contributed by atoms with E-state index >= 15 is 0 Å². The van der Waals surface area contributed by atoms with Crippen LogP contribution in [0.3, 0.4) is 0 Å². The molecule has 2 aliphatic heterocycles. The molecule has 30 heavy (non-hydrogen) atoms. The van der Waals surface area contributed by atoms with Crippen molar-refractivity contribution in [2.75, 3.05) is 6.61 Å². The summed E-state index contributed by atoms with van der Waals surface area (Å²) in [6.45, 7) is 10.8. The lowest BCUT2D eigenvalue weighted by molar-refractivity contribution is -0.272. The Morgan fingerprint density at radius 2 is 1.87 bits per heavy atom. The molecule has 3 saturated carbocycles. The fourth-order valence-electron chi connectivity index (χ4n) is 9.66. The van der Waals surface area contributed by atoms with E-state index in [9.17, 15) is 5.11 Å². The van der Waals surface area contributed by atoms with Crippen molar-refractivity contribution in [3.05, 3.63) is 11.6 Å². The van der Waals surface area contributed by atoms with Gasteiger partial charge in [-0.2, -0.15) is 0 Å². The SMILES string of the molecule is C[C@H]1CCC2(OC1)OC1CC3C4CC=C5C[C@@H](O)CC[C@]5(C)C4CC[C@]3(C)C1[C@H]2C. The van der Waals surface area contributed by atoms with Crippen molar-refractivity contribution in [3.63, 3.8) is 0 Å². The first-order chi connectivity index (χ1) is 14.3. The van der Waals surface area contributed by atoms with Crippen molar-refractivity contribution in [1.29, 1.82) is 0 Å². The third-order valence-electron chi connectivity index (χ3n) is 11.3. The molecule has 5 fully saturated rings. The third kappa shape index (κ3) is 2.55. The predicted octanol–water partition coefficient (Wildman–Crippen LogP) is 5.71. The van der Waals surface area contributed by atoms with Gasteiger partial charge in [0.05, 0.1) is 18.8 Å². The van der Waals surface area contributed by atoms with E-state index in [-0.39, 0.29) is 11.9 Å². The summed E-state index contributed by atoms with van der Waals surface area (Å²) in [5.74, 6) is 3.94. The highest BCUT2D eigenvalue weighted by Gasteiger charge is 2.68. The van der Waals surface area contributed by atoms with Crippen molar-refractivity contribution in [3.8, 4) is 0 Å². The zero-order chi connectivity index (χ0) is 20.9. The molecular formula is C27H42O3. The van der Waals surface area contributed by atoms with E-state index < -0.39 is 0 Å². The molecule has 6 unspecified atom stereocenters. The molecule has 0 aromatic heterocycles. The molecule has 0 amide bonds. The fraction of sp³-hybridized carbons (Fsp3) is 0.926. The Labute approximate surface area is 183 Å². The molecule has 168 valence electrons. The summed E-state index contributed by atoms with van der Waals surface area (Å²) in [5.41, 5.74) is 2.31. The molecule has 4 aliphatic carbocycles. The van der Waals surface area contributed by atoms with Gasteiger partial charge in [0.15, 0.2) is 5.79 Å². The van der Waals surface area contributed by atoms with Gasteiger partial charge in [-0.25, -0.2) is 0 Å². The number of hydrogen-bond acceptors (Lipinski definition) is 3. The average molecular weight is 415 g/mol. The van der Waals surface area contributed by atoms with Gasteiger partial charge in [0.2, 0.25) is 0 Å². The summed E-state index contributed by atoms with van der Waals surface area (Å²) in [7, 11) is 0. The van der Waals surface area contributed by atoms with Crippen LogP contribution in [0, 0.1) is 46.3 Å². The molecule has 0 aromatic carbocycles. The first-order valence-electron chi connectivity index (χ1n) is 13.0. The molecule has 3 nitrogen and oxygen atoms in total. The Bertz CT molecular complexity index is 736. The highest BCUT2D eigenvalue weighted by atomic mass is 16.7. The maximum absolute atomic E-state index is 10.3. The number of allylic oxidation sites excluding steroid dienone is 1. The first kappa shape index (κ1) is 20.2. The van der Waals surface area contributed by atoms with Gasteiger partial charge >= 0.3 is 0 Å². The van der Waals surface area contributed by atoms with Gasteiger partial charge in [0.1, 0.15) is 0 Å². The van der Waals surface area contributed by atoms with Crippen molar-refractivity contribution in [1.82, 2.24) is 0 Å². The average Bonchev–Trinajstić information content (AvgIpc) is 3.16. The molecule has 0 radical (unpaired) electrons. The van der Waals surface area contributed by atoms with E-state index in [1.807, 2.05) is 0 Å². The van der Waals surface area contributed by atoms with Gasteiger partial charge in [0, 0.05) is 12.3 Å². The maximum atomic E-state index is 10.3. The van der Waals surface area contributed by atoms with Crippen LogP contribution in [0.15, 0.2) is 11.6 Å². The molecule has 1 spiro atoms. The molecule has 6 rings (SSSR count). The van der Waals surface area contributed by atoms with Crippen LogP contribution < -0.4 is 0 Å². The van der Waals surface area contributed by atoms with Crippen LogP contribution in [-0.2, 0) is 9.47 Å². The molecule has 2 heterocycles. The minimum absolute atomic E-state index is 0.107. The zero-order valence-corrected chi connectivity index (χ0v) is 19.5. The molecule has 0 aromatic rings. The van der Waals surface area contributed by atoms with Gasteiger partial charge < -0.3 is 14.6 Å². The summed E-state index contributed by atoms with van der Waals surface area (Å²) in [6.07, 6.45) is 13.5. The maximum Gasteiger partial charge on any atom is 0.171 e. The number of aliphatic hydroxyl groups is 1. The number of aliphatic hydroxyl groups excluding tert-OH is 1. The van der Waals surface area contributed by atoms with Crippen LogP contribution in [0.4, 0.5) is 0 Å². The molecule has 1 N–H and O–H groups in total. The van der Waals surface area contributed by atoms with Crippen molar-refractivity contribution in [2.24, 2.45) is 46.3 Å². The van der Waals surface area contributed by atoms with Crippen LogP contribution in [0.25, 0.3) is 0 Å². The highest BCUT2D eigenvalue weighted by molar-refractivity contribution is 5.26. The van der Waals surface area contributed by atoms with Crippen LogP contribution in [0.5, 0.6) is 0 Å². The number of fused-ring (bicyclic) bond motifs is 7. The predicted molar refractivity (Wildman–Crippen MR) is 118 cm³/mol. The topological polar surface area (TPSA) is 38.7 Å². The summed E-state index contributed by atoms with van der Waals surface area (Å²) in [6, 6.07) is 0. The Morgan fingerprint density at radius 3 is 2.63 bits per heavy atom. The van der Waals surface area contributed by atoms with Crippen LogP contribution in [-0.4, -0.2) is 29.7 Å². The second-order valence-corrected chi connectivity index (χ2v) is 12.7. The van der Waals surface area contributed by atoms with E-state index in [0.29, 0.717) is 34.7 Å². The highest BCUT2D eigenvalue weighted by Crippen LogP contribution is 2.70. The number of hydrogen-bond donors (Lipinski definition) is 1. The van der Waals surface area contributed by atoms with Gasteiger partial charge in [0.25, 0.3) is 0 Å². The molecule has 6 aliphatic rings. The normalized spacial score (nSPS) is 59.8. The van der Waals surface area contributed by atoms with E-state index in [2.05, 4.69) is 33.8 Å². The van der Waals surface area contributed by atoms with Gasteiger partial charge in [-0.15, -0.1) is 0 Å². The minimum Gasteiger partial charge on any atom is -0.393 e. The lowest BCUT2D eigenvalue weighted by Gasteiger charge is -2.58. The van der Waals surface area contributed by atoms with Gasteiger partial charge in [-0.3, -0.25) is 0 Å². The van der Waals surface area contributed by atoms with Crippen LogP contribution in [0.2, 0.25) is 0 Å². The van der Waals surface area contributed by atoms with Crippen molar-refractivity contribution in [2.45, 2.75) is 103 Å². The number of rotatable bonds is 0. The van der Waals surface area contributed by atoms with Crippen LogP contribution >= 0.6 is 0 Å². The Morgan fingerprint density at radius 1 is 1.03 bits per heavy atom. The minimum atomic E-state index is -0.294. The lowest BCUT2D eigenvalue weighted by atomic mass is 9.47. The standard InChI is InChI=1S/C27H42O3/c1-16-7-12-27(29-15-16)17(2)24-23(30-27)14-22-20-6-5-18-13-19(28)8-10-25(18,3)21(20)9-11-26(22,24)4/h5,16-17,19-24,28H,6-15H2,1-4H3/t16-,17+,19-,20?,21?,22?,23?,24?,25-,26-,27?/m0/s1. The molecular weight excluding hydrogens is 372 g/mol. The largest absolute Gasteiger partial charge is 0.393 e. The Kier molecular flexibility index (Phi) is 4.44. The van der Waals surface area contributed by atoms with E-state index in [0.717, 1.165) is 43.6 Å². The van der Waals surface area contributed by atoms with Gasteiger partial charge in [-0.05, 0) is 91.8 Å². The second kappa shape index (κ2) is 6.58. The Hall–Kier alpha value is -0.380. The Balaban J connectivity index is 1.28. The summed E-state index contributed by atoms with van der Waals surface area (Å²) in [4.78, 5) is 0. The van der Waals surface area contributed by atoms with Crippen LogP contribution in [0.1, 0.15) is 85.5 Å². The van der Waals surface area contributed by atoms with Gasteiger partial charge in [-0.1, -0.05) is 39.3 Å². The van der Waals surface area contributed by atoms with E-state index in [1.54, 1.807) is 5.57 Å². The first-order valence-corrected chi connectivity index (χ1v) is 13.0. The molecule has 3 heteroatoms. The summed E-state index contributed by atoms with van der Waals surface area (Å²) in [5, 5.41) is 10.3. The zero-order valence-electron chi connectivity index (χ0n) is 19.5. The van der Waals surface area contributed by atoms with E-state index in [1.165, 1.54) is 38.5 Å². The summed E-state index contributed by atoms with van der Waals surface area (Å²) < 4.78 is 13.3. The van der Waals surface area contributed by atoms with E-state index in [4.69, 9.17) is 9.47 Å². The third-order valence-corrected chi connectivity index (χ3v) is 11.3. The van der Waals surface area contributed by atoms with Crippen molar-refractivity contribution < 1.29 is 14.6 Å². The monoisotopic (exact) mass is 414 g/mol. The number of ether oxygens (including phenoxy) is 2. The smallest absolute Gasteiger partial charge is 0.171 e.